The van der Waals surface area contributed by atoms with Crippen molar-refractivity contribution in [3.63, 3.8) is 0 Å². The van der Waals surface area contributed by atoms with Gasteiger partial charge in [-0.1, -0.05) is 326 Å². The summed E-state index contributed by atoms with van der Waals surface area (Å²) in [6.45, 7) is 45.2. The fourth-order valence-corrected chi connectivity index (χ4v) is 19.6. The van der Waals surface area contributed by atoms with Gasteiger partial charge in [-0.05, 0) is 139 Å². The summed E-state index contributed by atoms with van der Waals surface area (Å²) in [7, 11) is 0. The van der Waals surface area contributed by atoms with Gasteiger partial charge in [0.25, 0.3) is 0 Å². The first kappa shape index (κ1) is 93.6. The number of aryl methyl sites for hydroxylation is 6. The number of rotatable bonds is 14. The van der Waals surface area contributed by atoms with E-state index in [4.69, 9.17) is 24.9 Å². The molecule has 0 saturated heterocycles. The number of hydrogen-bond acceptors (Lipinski definition) is 10. The molecule has 0 saturated carbocycles. The first-order chi connectivity index (χ1) is 60.4. The number of aromatic nitrogens is 6. The third kappa shape index (κ3) is 16.3. The summed E-state index contributed by atoms with van der Waals surface area (Å²) in [5.41, 5.74) is 36.7. The molecule has 0 fully saturated rings. The monoisotopic (exact) mass is 2410 g/mol. The summed E-state index contributed by atoms with van der Waals surface area (Å²) in [5, 5.41) is 0. The van der Waals surface area contributed by atoms with E-state index in [1.54, 1.807) is 0 Å². The van der Waals surface area contributed by atoms with E-state index in [9.17, 15) is 0 Å². The van der Waals surface area contributed by atoms with Gasteiger partial charge in [0.2, 0.25) is 0 Å². The first-order valence-corrected chi connectivity index (χ1v) is 43.8. The van der Waals surface area contributed by atoms with Crippen LogP contribution in [0.2, 0.25) is 0 Å². The van der Waals surface area contributed by atoms with Gasteiger partial charge in [-0.3, -0.25) is 0 Å². The van der Waals surface area contributed by atoms with Crippen LogP contribution in [0.15, 0.2) is 291 Å². The van der Waals surface area contributed by atoms with E-state index in [2.05, 4.69) is 448 Å². The zero-order chi connectivity index (χ0) is 87.7. The number of benzene rings is 12. The van der Waals surface area contributed by atoms with E-state index < -0.39 is 0 Å². The van der Waals surface area contributed by atoms with Gasteiger partial charge < -0.3 is 29.6 Å². The molecule has 4 aliphatic rings. The fraction of sp³-hybridized carbons (Fsp3) is 0.207. The van der Waals surface area contributed by atoms with Crippen molar-refractivity contribution in [1.82, 2.24) is 29.9 Å². The molecular formula is C116H104Ir4N10-6. The normalized spacial score (nSPS) is 15.2. The maximum atomic E-state index is 5.55. The van der Waals surface area contributed by atoms with Crippen molar-refractivity contribution in [2.45, 2.75) is 146 Å². The molecular weight excluding hydrogens is 2300 g/mol. The summed E-state index contributed by atoms with van der Waals surface area (Å²) in [6.07, 6.45) is 3.80. The summed E-state index contributed by atoms with van der Waals surface area (Å²) >= 11 is 0. The van der Waals surface area contributed by atoms with Crippen molar-refractivity contribution < 1.29 is 80.4 Å². The molecule has 4 aromatic heterocycles. The largest absolute Gasteiger partial charge is 0.477 e. The summed E-state index contributed by atoms with van der Waals surface area (Å²) in [4.78, 5) is 40.2. The van der Waals surface area contributed by atoms with E-state index in [0.717, 1.165) is 153 Å². The van der Waals surface area contributed by atoms with E-state index in [1.165, 1.54) is 61.2 Å². The van der Waals surface area contributed by atoms with Crippen LogP contribution in [-0.4, -0.2) is 29.9 Å². The fourth-order valence-electron chi connectivity index (χ4n) is 19.6. The van der Waals surface area contributed by atoms with Crippen molar-refractivity contribution in [1.29, 1.82) is 0 Å². The number of nitrogens with zero attached hydrogens (tertiary/aromatic N) is 10. The maximum absolute atomic E-state index is 5.55. The van der Waals surface area contributed by atoms with E-state index >= 15 is 0 Å². The van der Waals surface area contributed by atoms with E-state index in [-0.39, 0.29) is 113 Å². The molecule has 20 rings (SSSR count). The molecule has 14 heteroatoms. The Morgan fingerprint density at radius 2 is 0.569 bits per heavy atom. The van der Waals surface area contributed by atoms with Crippen molar-refractivity contribution >= 4 is 46.0 Å². The van der Waals surface area contributed by atoms with Crippen molar-refractivity contribution in [2.24, 2.45) is 10.8 Å². The number of pyridine rings is 2. The Morgan fingerprint density at radius 3 is 0.892 bits per heavy atom. The zero-order valence-electron chi connectivity index (χ0n) is 76.7. The third-order valence-corrected chi connectivity index (χ3v) is 28.7. The Morgan fingerprint density at radius 1 is 0.262 bits per heavy atom. The van der Waals surface area contributed by atoms with E-state index in [1.807, 2.05) is 30.6 Å². The minimum absolute atomic E-state index is 0. The Kier molecular flexibility index (Phi) is 26.1. The van der Waals surface area contributed by atoms with Gasteiger partial charge in [0.05, 0.1) is 22.8 Å². The quantitative estimate of drug-likeness (QED) is 0.0981. The average molecular weight is 2410 g/mol. The second-order valence-electron chi connectivity index (χ2n) is 38.0. The van der Waals surface area contributed by atoms with Gasteiger partial charge in [-0.2, -0.15) is 36.4 Å². The van der Waals surface area contributed by atoms with Crippen molar-refractivity contribution in [2.75, 3.05) is 19.6 Å². The van der Waals surface area contributed by atoms with Gasteiger partial charge >= 0.3 is 0 Å². The van der Waals surface area contributed by atoms with Gasteiger partial charge in [0.1, 0.15) is 23.3 Å². The molecule has 16 aromatic rings. The zero-order valence-corrected chi connectivity index (χ0v) is 86.3. The van der Waals surface area contributed by atoms with Crippen LogP contribution in [0.5, 0.6) is 0 Å². The van der Waals surface area contributed by atoms with Crippen LogP contribution in [0.4, 0.5) is 46.0 Å². The van der Waals surface area contributed by atoms with Gasteiger partial charge in [0, 0.05) is 126 Å². The number of anilines is 8. The van der Waals surface area contributed by atoms with Gasteiger partial charge in [-0.15, -0.1) is 108 Å². The SMILES string of the molecule is Cc1cc(C)cc(-c2c(-c3c[c-]c(N4[CH-]N(c5ccccc5)c5nc6c(nc54)C(C)(C)C(C)(C)C6(C)C)cc3)cccc2-c2c[c-]c(N3[CH-]N(c4ccccc4)c4nc5c(nc43)C(C)(C)C(C)(C)C5(C)C)cc2)c1.Cc1cc(C)cc(-c2ccccc2-c2ccc(-c3[c-]cc(-c4cccc(-c5c[c-]c(-c6ccccn6)cc5)c4-c4cc(C)cc(C)c4)cc3)nc2)c1.[Ir].[Ir].[Ir].[Ir]. The second-order valence-corrected chi connectivity index (χ2v) is 38.0. The molecule has 660 valence electrons. The van der Waals surface area contributed by atoms with Crippen molar-refractivity contribution in [3.05, 3.63) is 385 Å². The Hall–Kier alpha value is -11.1. The van der Waals surface area contributed by atoms with Crippen LogP contribution >= 0.6 is 0 Å². The van der Waals surface area contributed by atoms with Crippen LogP contribution in [-0.2, 0) is 102 Å². The molecule has 12 aromatic carbocycles. The molecule has 0 amide bonds. The van der Waals surface area contributed by atoms with Crippen LogP contribution in [0.1, 0.15) is 139 Å². The summed E-state index contributed by atoms with van der Waals surface area (Å²) in [6, 6.07) is 114. The molecule has 2 aliphatic heterocycles. The Labute approximate surface area is 822 Å². The van der Waals surface area contributed by atoms with Crippen LogP contribution in [0.3, 0.4) is 0 Å². The second kappa shape index (κ2) is 36.2. The predicted molar refractivity (Wildman–Crippen MR) is 520 cm³/mol. The molecule has 10 nitrogen and oxygen atoms in total. The van der Waals surface area contributed by atoms with E-state index in [0.29, 0.717) is 0 Å². The topological polar surface area (TPSA) is 90.3 Å². The van der Waals surface area contributed by atoms with Crippen LogP contribution < -0.4 is 19.6 Å². The van der Waals surface area contributed by atoms with Crippen LogP contribution in [0.25, 0.3) is 112 Å². The minimum Gasteiger partial charge on any atom is -0.477 e. The molecule has 4 radical (unpaired) electrons. The Balaban J connectivity index is 0.000000205. The smallest absolute Gasteiger partial charge is 0.146 e. The van der Waals surface area contributed by atoms with Gasteiger partial charge in [-0.25, -0.2) is 19.9 Å². The standard InChI is InChI=1S/C66H66N8.C50H38N2.4Ir/c1-41-36-42(2)38-45(37-41)52-50(43-28-32-48(33-29-43)73-39-71(46-22-17-15-18-23-46)57-59(73)69-55-53(67-57)61(3,4)65(11,12)63(55,7)8)26-21-27-51(52)44-30-34-49(35-31-44)74-40-72(47-24-19-16-20-25-47)58-60(74)70-56-54(68-58)62(5,6)66(13,14)64(56,9)10;1-33-26-34(2)29-42(28-33)45-11-6-5-10-44(45)41-23-24-49(52-32-41)40-21-17-38(18-22-40)47-13-9-12-46(50(47)43-30-35(3)27-36(4)31-43)37-15-19-39(20-16-37)48-14-7-8-25-51-48;;;;/h15-32,34,36-40H,1-14H3;5-19,21,23-32H,1-4H3;;;;/q-4;-2;;;;. The summed E-state index contributed by atoms with van der Waals surface area (Å²) < 4.78 is 0. The maximum Gasteiger partial charge on any atom is 0.146 e. The summed E-state index contributed by atoms with van der Waals surface area (Å²) in [5.74, 6) is 3.28. The molecule has 0 spiro atoms. The molecule has 0 N–H and O–H groups in total. The first-order valence-electron chi connectivity index (χ1n) is 43.8. The van der Waals surface area contributed by atoms with Gasteiger partial charge in [0.15, 0.2) is 0 Å². The third-order valence-electron chi connectivity index (χ3n) is 28.7. The number of fused-ring (bicyclic) bond motifs is 4. The van der Waals surface area contributed by atoms with Crippen LogP contribution in [0, 0.1) is 90.0 Å². The van der Waals surface area contributed by atoms with Crippen molar-refractivity contribution in [3.8, 4) is 112 Å². The number of hydrogen-bond donors (Lipinski definition) is 0. The minimum atomic E-state index is -0.204. The average Bonchev–Trinajstić information content (AvgIpc) is 1.53. The molecule has 130 heavy (non-hydrogen) atoms. The molecule has 0 bridgehead atoms. The number of para-hydroxylation sites is 2. The molecule has 2 aliphatic carbocycles. The Bertz CT molecular complexity index is 6630. The predicted octanol–water partition coefficient (Wildman–Crippen LogP) is 29.5. The molecule has 0 unspecified atom stereocenters. The molecule has 0 atom stereocenters. The molecule has 6 heterocycles.